The fraction of sp³-hybridized carbons (Fsp3) is 0.417. The minimum Gasteiger partial charge on any atom is -0.479 e. The Bertz CT molecular complexity index is 477. The molecule has 5 atom stereocenters. The SMILES string of the molecule is Nc1ccc(O[C@@H]2OC(C(=O)O)[C@H](O)C(O)C2O)cc1. The third-order valence-electron chi connectivity index (χ3n) is 2.95. The largest absolute Gasteiger partial charge is 0.479 e. The predicted octanol–water partition coefficient (Wildman–Crippen LogP) is -1.46. The Morgan fingerprint density at radius 1 is 1.10 bits per heavy atom. The number of aliphatic carboxylic acids is 1. The molecule has 1 aromatic rings. The van der Waals surface area contributed by atoms with E-state index in [0.717, 1.165) is 0 Å². The van der Waals surface area contributed by atoms with Gasteiger partial charge < -0.3 is 35.6 Å². The lowest BCUT2D eigenvalue weighted by Crippen LogP contribution is -2.61. The number of anilines is 1. The maximum Gasteiger partial charge on any atom is 0.335 e. The van der Waals surface area contributed by atoms with Crippen LogP contribution in [-0.2, 0) is 9.53 Å². The molecule has 0 saturated carbocycles. The van der Waals surface area contributed by atoms with E-state index in [0.29, 0.717) is 5.69 Å². The van der Waals surface area contributed by atoms with Crippen LogP contribution < -0.4 is 10.5 Å². The fourth-order valence-corrected chi connectivity index (χ4v) is 1.83. The number of hydrogen-bond acceptors (Lipinski definition) is 7. The Morgan fingerprint density at radius 2 is 1.70 bits per heavy atom. The van der Waals surface area contributed by atoms with Crippen LogP contribution in [0.4, 0.5) is 5.69 Å². The van der Waals surface area contributed by atoms with E-state index in [4.69, 9.17) is 20.3 Å². The zero-order chi connectivity index (χ0) is 14.9. The normalized spacial score (nSPS) is 33.6. The Hall–Kier alpha value is -1.87. The summed E-state index contributed by atoms with van der Waals surface area (Å²) < 4.78 is 10.2. The number of nitrogens with two attached hydrogens (primary N) is 1. The van der Waals surface area contributed by atoms with Gasteiger partial charge in [-0.3, -0.25) is 0 Å². The van der Waals surface area contributed by atoms with Gasteiger partial charge in [0.2, 0.25) is 6.29 Å². The number of carbonyl (C=O) groups is 1. The first-order valence-electron chi connectivity index (χ1n) is 5.85. The van der Waals surface area contributed by atoms with Gasteiger partial charge in [-0.25, -0.2) is 4.79 Å². The quantitative estimate of drug-likeness (QED) is 0.424. The van der Waals surface area contributed by atoms with Crippen molar-refractivity contribution in [1.82, 2.24) is 0 Å². The zero-order valence-electron chi connectivity index (χ0n) is 10.3. The molecule has 110 valence electrons. The summed E-state index contributed by atoms with van der Waals surface area (Å²) in [7, 11) is 0. The monoisotopic (exact) mass is 285 g/mol. The highest BCUT2D eigenvalue weighted by atomic mass is 16.7. The first-order valence-corrected chi connectivity index (χ1v) is 5.85. The van der Waals surface area contributed by atoms with Crippen molar-refractivity contribution < 1.29 is 34.7 Å². The van der Waals surface area contributed by atoms with Gasteiger partial charge in [-0.1, -0.05) is 0 Å². The molecule has 0 radical (unpaired) electrons. The van der Waals surface area contributed by atoms with Gasteiger partial charge in [-0.2, -0.15) is 0 Å². The molecule has 6 N–H and O–H groups in total. The molecule has 8 heteroatoms. The van der Waals surface area contributed by atoms with E-state index in [1.165, 1.54) is 12.1 Å². The average molecular weight is 285 g/mol. The maximum atomic E-state index is 10.9. The number of ether oxygens (including phenoxy) is 2. The van der Waals surface area contributed by atoms with Crippen LogP contribution in [0.3, 0.4) is 0 Å². The van der Waals surface area contributed by atoms with Crippen LogP contribution in [0.5, 0.6) is 5.75 Å². The van der Waals surface area contributed by atoms with Gasteiger partial charge >= 0.3 is 5.97 Å². The van der Waals surface area contributed by atoms with Crippen molar-refractivity contribution >= 4 is 11.7 Å². The molecule has 3 unspecified atom stereocenters. The summed E-state index contributed by atoms with van der Waals surface area (Å²) in [6.45, 7) is 0. The number of aliphatic hydroxyl groups is 3. The molecule has 1 fully saturated rings. The van der Waals surface area contributed by atoms with E-state index in [1.54, 1.807) is 12.1 Å². The fourth-order valence-electron chi connectivity index (χ4n) is 1.83. The lowest BCUT2D eigenvalue weighted by molar-refractivity contribution is -0.271. The molecule has 1 saturated heterocycles. The third-order valence-corrected chi connectivity index (χ3v) is 2.95. The topological polar surface area (TPSA) is 142 Å². The van der Waals surface area contributed by atoms with Crippen molar-refractivity contribution in [2.45, 2.75) is 30.7 Å². The number of hydrogen-bond donors (Lipinski definition) is 5. The molecule has 1 heterocycles. The Labute approximate surface area is 114 Å². The van der Waals surface area contributed by atoms with Crippen molar-refractivity contribution in [3.63, 3.8) is 0 Å². The van der Waals surface area contributed by atoms with E-state index in [-0.39, 0.29) is 5.75 Å². The van der Waals surface area contributed by atoms with Crippen LogP contribution >= 0.6 is 0 Å². The molecule has 8 nitrogen and oxygen atoms in total. The highest BCUT2D eigenvalue weighted by molar-refractivity contribution is 5.73. The van der Waals surface area contributed by atoms with Crippen molar-refractivity contribution in [2.75, 3.05) is 5.73 Å². The van der Waals surface area contributed by atoms with Gasteiger partial charge in [0.1, 0.15) is 24.1 Å². The standard InChI is InChI=1S/C12H15NO7/c13-5-1-3-6(4-2-5)19-12-9(16)7(14)8(15)10(20-12)11(17)18/h1-4,7-10,12,14-16H,13H2,(H,17,18)/t7?,8-,9?,10?,12-/m1/s1. The number of rotatable bonds is 3. The summed E-state index contributed by atoms with van der Waals surface area (Å²) in [4.78, 5) is 10.9. The second-order valence-corrected chi connectivity index (χ2v) is 4.42. The predicted molar refractivity (Wildman–Crippen MR) is 65.8 cm³/mol. The van der Waals surface area contributed by atoms with Crippen molar-refractivity contribution in [1.29, 1.82) is 0 Å². The smallest absolute Gasteiger partial charge is 0.335 e. The van der Waals surface area contributed by atoms with Crippen LogP contribution in [0.25, 0.3) is 0 Å². The third kappa shape index (κ3) is 2.83. The summed E-state index contributed by atoms with van der Waals surface area (Å²) in [5.74, 6) is -1.19. The maximum absolute atomic E-state index is 10.9. The highest BCUT2D eigenvalue weighted by Crippen LogP contribution is 2.24. The summed E-state index contributed by atoms with van der Waals surface area (Å²) in [6, 6.07) is 6.09. The van der Waals surface area contributed by atoms with E-state index >= 15 is 0 Å². The summed E-state index contributed by atoms with van der Waals surface area (Å²) in [6.07, 6.45) is -8.12. The number of nitrogen functional groups attached to an aromatic ring is 1. The number of aliphatic hydroxyl groups excluding tert-OH is 3. The molecule has 1 aliphatic heterocycles. The van der Waals surface area contributed by atoms with Crippen LogP contribution in [0.15, 0.2) is 24.3 Å². The second kappa shape index (κ2) is 5.63. The molecule has 0 aromatic heterocycles. The number of benzene rings is 1. The van der Waals surface area contributed by atoms with Crippen LogP contribution in [-0.4, -0.2) is 57.1 Å². The van der Waals surface area contributed by atoms with Crippen molar-refractivity contribution in [3.05, 3.63) is 24.3 Å². The minimum absolute atomic E-state index is 0.274. The molecule has 0 aliphatic carbocycles. The average Bonchev–Trinajstić information content (AvgIpc) is 2.41. The summed E-state index contributed by atoms with van der Waals surface area (Å²) >= 11 is 0. The van der Waals surface area contributed by atoms with Gasteiger partial charge in [0, 0.05) is 5.69 Å². The van der Waals surface area contributed by atoms with Gasteiger partial charge in [0.25, 0.3) is 0 Å². The molecule has 1 aliphatic rings. The lowest BCUT2D eigenvalue weighted by atomic mass is 9.99. The van der Waals surface area contributed by atoms with Gasteiger partial charge in [-0.15, -0.1) is 0 Å². The number of carboxylic acid groups (broad SMARTS) is 1. The molecule has 0 spiro atoms. The van der Waals surface area contributed by atoms with E-state index in [9.17, 15) is 20.1 Å². The summed E-state index contributed by atoms with van der Waals surface area (Å²) in [5.41, 5.74) is 6.00. The Morgan fingerprint density at radius 3 is 2.25 bits per heavy atom. The minimum atomic E-state index is -1.74. The van der Waals surface area contributed by atoms with Gasteiger partial charge in [-0.05, 0) is 24.3 Å². The first-order chi connectivity index (χ1) is 9.40. The van der Waals surface area contributed by atoms with E-state index in [2.05, 4.69) is 0 Å². The van der Waals surface area contributed by atoms with Crippen LogP contribution in [0.2, 0.25) is 0 Å². The van der Waals surface area contributed by atoms with Crippen LogP contribution in [0.1, 0.15) is 0 Å². The number of carboxylic acids is 1. The van der Waals surface area contributed by atoms with Crippen molar-refractivity contribution in [2.24, 2.45) is 0 Å². The lowest BCUT2D eigenvalue weighted by Gasteiger charge is -2.38. The molecule has 20 heavy (non-hydrogen) atoms. The second-order valence-electron chi connectivity index (χ2n) is 4.42. The molecular weight excluding hydrogens is 270 g/mol. The zero-order valence-corrected chi connectivity index (χ0v) is 10.3. The molecule has 0 amide bonds. The highest BCUT2D eigenvalue weighted by Gasteiger charge is 2.48. The van der Waals surface area contributed by atoms with E-state index in [1.807, 2.05) is 0 Å². The Kier molecular flexibility index (Phi) is 4.09. The Balaban J connectivity index is 2.13. The first kappa shape index (κ1) is 14.5. The summed E-state index contributed by atoms with van der Waals surface area (Å²) in [5, 5.41) is 37.8. The van der Waals surface area contributed by atoms with Gasteiger partial charge in [0.05, 0.1) is 0 Å². The molecular formula is C12H15NO7. The van der Waals surface area contributed by atoms with Gasteiger partial charge in [0.15, 0.2) is 6.10 Å². The molecule has 2 rings (SSSR count). The van der Waals surface area contributed by atoms with Crippen molar-refractivity contribution in [3.8, 4) is 5.75 Å². The molecule has 1 aromatic carbocycles. The van der Waals surface area contributed by atoms with Crippen LogP contribution in [0, 0.1) is 0 Å². The molecule has 0 bridgehead atoms. The van der Waals surface area contributed by atoms with E-state index < -0.39 is 36.7 Å².